The third kappa shape index (κ3) is 4.55. The Hall–Kier alpha value is -3.51. The Morgan fingerprint density at radius 3 is 2.50 bits per heavy atom. The second-order valence-electron chi connectivity index (χ2n) is 6.49. The van der Waals surface area contributed by atoms with Gasteiger partial charge in [-0.3, -0.25) is 9.93 Å². The molecule has 0 radical (unpaired) electrons. The van der Waals surface area contributed by atoms with Crippen molar-refractivity contribution >= 4 is 33.0 Å². The van der Waals surface area contributed by atoms with Gasteiger partial charge in [0.25, 0.3) is 10.0 Å². The van der Waals surface area contributed by atoms with Crippen LogP contribution in [0.3, 0.4) is 0 Å². The van der Waals surface area contributed by atoms with Crippen LogP contribution in [0.4, 0.5) is 19.0 Å². The van der Waals surface area contributed by atoms with Crippen LogP contribution in [0, 0.1) is 0 Å². The molecule has 3 aromatic heterocycles. The van der Waals surface area contributed by atoms with Gasteiger partial charge in [0.2, 0.25) is 12.4 Å². The smallest absolute Gasteiger partial charge is 0.406 e. The van der Waals surface area contributed by atoms with Gasteiger partial charge in [-0.1, -0.05) is 11.6 Å². The maximum Gasteiger partial charge on any atom is 0.573 e. The first-order chi connectivity index (χ1) is 15.0. The van der Waals surface area contributed by atoms with Crippen LogP contribution in [0.1, 0.15) is 0 Å². The van der Waals surface area contributed by atoms with E-state index in [4.69, 9.17) is 11.6 Å². The Labute approximate surface area is 184 Å². The van der Waals surface area contributed by atoms with Gasteiger partial charge in [0.1, 0.15) is 11.6 Å². The molecule has 32 heavy (non-hydrogen) atoms. The molecule has 13 heteroatoms. The molecule has 0 unspecified atom stereocenters. The van der Waals surface area contributed by atoms with Crippen molar-refractivity contribution in [2.45, 2.75) is 11.3 Å². The first kappa shape index (κ1) is 21.7. The van der Waals surface area contributed by atoms with Gasteiger partial charge in [-0.05, 0) is 48.5 Å². The quantitative estimate of drug-likeness (QED) is 0.330. The highest BCUT2D eigenvalue weighted by Gasteiger charge is 2.31. The molecule has 0 aliphatic carbocycles. The van der Waals surface area contributed by atoms with E-state index < -0.39 is 22.1 Å². The van der Waals surface area contributed by atoms with Gasteiger partial charge in [0, 0.05) is 10.8 Å². The maximum absolute atomic E-state index is 12.8. The van der Waals surface area contributed by atoms with Gasteiger partial charge in [-0.2, -0.15) is 5.10 Å². The predicted molar refractivity (Wildman–Crippen MR) is 107 cm³/mol. The molecule has 0 atom stereocenters. The van der Waals surface area contributed by atoms with E-state index in [-0.39, 0.29) is 10.7 Å². The Balaban J connectivity index is 1.68. The Bertz CT molecular complexity index is 1410. The number of rotatable bonds is 5. The monoisotopic (exact) mass is 485 g/mol. The maximum atomic E-state index is 12.8. The van der Waals surface area contributed by atoms with Gasteiger partial charge in [0.15, 0.2) is 0 Å². The second-order valence-corrected chi connectivity index (χ2v) is 8.58. The van der Waals surface area contributed by atoms with Crippen molar-refractivity contribution in [2.75, 3.05) is 4.72 Å². The summed E-state index contributed by atoms with van der Waals surface area (Å²) in [5.41, 5.74) is 1.35. The Morgan fingerprint density at radius 2 is 1.84 bits per heavy atom. The zero-order valence-corrected chi connectivity index (χ0v) is 17.4. The lowest BCUT2D eigenvalue weighted by molar-refractivity contribution is -0.904. The van der Waals surface area contributed by atoms with Gasteiger partial charge in [-0.15, -0.1) is 13.2 Å². The normalized spacial score (nSPS) is 12.1. The number of aromatic nitrogens is 3. The summed E-state index contributed by atoms with van der Waals surface area (Å²) in [6.45, 7) is 0. The summed E-state index contributed by atoms with van der Waals surface area (Å²) < 4.78 is 70.6. The number of hydrogen-bond acceptors (Lipinski definition) is 5. The van der Waals surface area contributed by atoms with Crippen LogP contribution >= 0.6 is 11.6 Å². The molecule has 0 amide bonds. The molecule has 0 spiro atoms. The van der Waals surface area contributed by atoms with Gasteiger partial charge in [0.05, 0.1) is 26.7 Å². The Morgan fingerprint density at radius 1 is 1.12 bits per heavy atom. The third-order valence-electron chi connectivity index (χ3n) is 4.26. The number of anilines is 1. The molecule has 4 aromatic rings. The van der Waals surface area contributed by atoms with Crippen LogP contribution in [0.15, 0.2) is 71.9 Å². The van der Waals surface area contributed by atoms with E-state index in [0.29, 0.717) is 21.8 Å². The summed E-state index contributed by atoms with van der Waals surface area (Å²) in [5, 5.41) is 14.3. The van der Waals surface area contributed by atoms with Crippen molar-refractivity contribution in [3.05, 3.63) is 72.0 Å². The number of hydrogen-bond donors (Lipinski definition) is 2. The van der Waals surface area contributed by atoms with E-state index >= 15 is 0 Å². The molecule has 0 aliphatic heterocycles. The van der Waals surface area contributed by atoms with Crippen LogP contribution in [0.5, 0.6) is 5.75 Å². The van der Waals surface area contributed by atoms with Gasteiger partial charge in [-0.25, -0.2) is 12.9 Å². The van der Waals surface area contributed by atoms with E-state index in [1.165, 1.54) is 29.0 Å². The summed E-state index contributed by atoms with van der Waals surface area (Å²) in [4.78, 5) is -0.285. The largest absolute Gasteiger partial charge is 0.573 e. The number of benzene rings is 1. The standard InChI is InChI=1S/C19H13ClF3N4O4S/c20-15-7-8-18(27-17(15)10-16(24-27)12-2-1-9-26(28)11-12)25-32(29,30)14-5-3-13(4-6-14)31-19(21,22)23/h1-11,25,28H/q+1. The molecule has 2 N–H and O–H groups in total. The molecule has 8 nitrogen and oxygen atoms in total. The molecule has 0 fully saturated rings. The molecule has 166 valence electrons. The number of sulfonamides is 1. The van der Waals surface area contributed by atoms with Crippen LogP contribution in [0.25, 0.3) is 16.8 Å². The van der Waals surface area contributed by atoms with Crippen LogP contribution < -0.4 is 14.2 Å². The van der Waals surface area contributed by atoms with Gasteiger partial charge < -0.3 is 4.74 Å². The molecular weight excluding hydrogens is 473 g/mol. The highest BCUT2D eigenvalue weighted by Crippen LogP contribution is 2.29. The number of pyridine rings is 2. The fourth-order valence-corrected chi connectivity index (χ4v) is 4.13. The molecular formula is C19H13ClF3N4O4S+. The zero-order valence-electron chi connectivity index (χ0n) is 15.8. The molecule has 4 rings (SSSR count). The lowest BCUT2D eigenvalue weighted by Gasteiger charge is -2.12. The van der Waals surface area contributed by atoms with Gasteiger partial charge >= 0.3 is 6.36 Å². The summed E-state index contributed by atoms with van der Waals surface area (Å²) in [6, 6.07) is 11.5. The molecule has 0 saturated carbocycles. The second kappa shape index (κ2) is 7.88. The zero-order chi connectivity index (χ0) is 23.1. The SMILES string of the molecule is O=S(=O)(Nc1ccc(Cl)c2cc(-c3ccc[n+](O)c3)nn12)c1ccc(OC(F)(F)F)cc1. The lowest BCUT2D eigenvalue weighted by atomic mass is 10.2. The number of ether oxygens (including phenoxy) is 1. The molecule has 3 heterocycles. The van der Waals surface area contributed by atoms with Crippen molar-refractivity contribution in [1.29, 1.82) is 0 Å². The fourth-order valence-electron chi connectivity index (χ4n) is 2.89. The van der Waals surface area contributed by atoms with Crippen molar-refractivity contribution in [2.24, 2.45) is 0 Å². The van der Waals surface area contributed by atoms with Crippen LogP contribution in [-0.4, -0.2) is 29.6 Å². The van der Waals surface area contributed by atoms with Crippen LogP contribution in [0.2, 0.25) is 5.02 Å². The number of nitrogens with one attached hydrogen (secondary N) is 1. The third-order valence-corrected chi connectivity index (χ3v) is 5.95. The Kier molecular flexibility index (Phi) is 5.34. The van der Waals surface area contributed by atoms with Crippen molar-refractivity contribution in [3.63, 3.8) is 0 Å². The number of nitrogens with zero attached hydrogens (tertiary/aromatic N) is 3. The minimum atomic E-state index is -4.89. The van der Waals surface area contributed by atoms with E-state index in [2.05, 4.69) is 14.6 Å². The highest BCUT2D eigenvalue weighted by atomic mass is 35.5. The van der Waals surface area contributed by atoms with E-state index in [0.717, 1.165) is 29.0 Å². The number of alkyl halides is 3. The lowest BCUT2D eigenvalue weighted by Crippen LogP contribution is -2.28. The molecule has 0 bridgehead atoms. The topological polar surface area (TPSA) is 96.8 Å². The molecule has 0 aliphatic rings. The fraction of sp³-hybridized carbons (Fsp3) is 0.0526. The number of fused-ring (bicyclic) bond motifs is 1. The average Bonchev–Trinajstić information content (AvgIpc) is 3.16. The highest BCUT2D eigenvalue weighted by molar-refractivity contribution is 7.92. The number of halogens is 4. The first-order valence-electron chi connectivity index (χ1n) is 8.80. The molecule has 0 saturated heterocycles. The summed E-state index contributed by atoms with van der Waals surface area (Å²) in [6.07, 6.45) is -2.07. The van der Waals surface area contributed by atoms with Crippen molar-refractivity contribution < 1.29 is 36.3 Å². The van der Waals surface area contributed by atoms with Crippen molar-refractivity contribution in [1.82, 2.24) is 9.61 Å². The first-order valence-corrected chi connectivity index (χ1v) is 10.7. The molecule has 1 aromatic carbocycles. The average molecular weight is 486 g/mol. The van der Waals surface area contributed by atoms with E-state index in [1.807, 2.05) is 0 Å². The summed E-state index contributed by atoms with van der Waals surface area (Å²) in [5.74, 6) is -0.509. The van der Waals surface area contributed by atoms with E-state index in [9.17, 15) is 26.8 Å². The summed E-state index contributed by atoms with van der Waals surface area (Å²) in [7, 11) is -4.18. The summed E-state index contributed by atoms with van der Waals surface area (Å²) >= 11 is 6.22. The van der Waals surface area contributed by atoms with E-state index in [1.54, 1.807) is 18.2 Å². The van der Waals surface area contributed by atoms with Crippen molar-refractivity contribution in [3.8, 4) is 17.0 Å². The van der Waals surface area contributed by atoms with Crippen LogP contribution in [-0.2, 0) is 10.0 Å². The minimum absolute atomic E-state index is 0.0408. The minimum Gasteiger partial charge on any atom is -0.406 e. The predicted octanol–water partition coefficient (Wildman–Crippen LogP) is 3.88.